The van der Waals surface area contributed by atoms with Crippen molar-refractivity contribution in [2.75, 3.05) is 32.1 Å². The molecule has 3 nitrogen and oxygen atoms in total. The molecule has 10 heteroatoms. The molecule has 1 saturated heterocycles. The second kappa shape index (κ2) is 11.4. The van der Waals surface area contributed by atoms with E-state index in [0.717, 1.165) is 16.3 Å². The largest absolute Gasteiger partial charge is 0.416 e. The Morgan fingerprint density at radius 3 is 2.16 bits per heavy atom. The van der Waals surface area contributed by atoms with Crippen LogP contribution in [0.1, 0.15) is 27.0 Å². The molecule has 1 aliphatic heterocycles. The first-order chi connectivity index (χ1) is 18.0. The van der Waals surface area contributed by atoms with Crippen LogP contribution in [0.3, 0.4) is 0 Å². The van der Waals surface area contributed by atoms with Crippen molar-refractivity contribution in [2.24, 2.45) is 0 Å². The summed E-state index contributed by atoms with van der Waals surface area (Å²) in [4.78, 5) is 17.0. The fourth-order valence-corrected chi connectivity index (χ4v) is 4.82. The van der Waals surface area contributed by atoms with Crippen molar-refractivity contribution in [3.63, 3.8) is 0 Å². The minimum atomic E-state index is -5.03. The predicted octanol–water partition coefficient (Wildman–Crippen LogP) is 7.04. The third-order valence-electron chi connectivity index (χ3n) is 6.57. The summed E-state index contributed by atoms with van der Waals surface area (Å²) in [5.74, 6) is -0.515. The Labute approximate surface area is 221 Å². The first kappa shape index (κ1) is 28.0. The van der Waals surface area contributed by atoms with Crippen molar-refractivity contribution in [3.8, 4) is 0 Å². The van der Waals surface area contributed by atoms with E-state index in [0.29, 0.717) is 44.1 Å². The summed E-state index contributed by atoms with van der Waals surface area (Å²) < 4.78 is 80.5. The van der Waals surface area contributed by atoms with Crippen LogP contribution in [0.25, 0.3) is 10.8 Å². The van der Waals surface area contributed by atoms with Crippen LogP contribution in [-0.4, -0.2) is 53.8 Å². The zero-order chi connectivity index (χ0) is 27.5. The zero-order valence-electron chi connectivity index (χ0n) is 20.2. The minimum absolute atomic E-state index is 0.0322. The number of rotatable bonds is 6. The SMILES string of the molecule is O=C(c1cc(C(F)(F)F)cc(C(F)(F)F)c1)N1CCN(C/C=C/CCl)C[C@H]1Cc1ccc2ccccc2c1. The number of amides is 1. The van der Waals surface area contributed by atoms with E-state index in [4.69, 9.17) is 11.6 Å². The molecular formula is C28H25ClF6N2O. The number of halogens is 7. The Balaban J connectivity index is 1.67. The fourth-order valence-electron chi connectivity index (χ4n) is 4.70. The maximum absolute atomic E-state index is 13.5. The van der Waals surface area contributed by atoms with Crippen LogP contribution in [-0.2, 0) is 18.8 Å². The van der Waals surface area contributed by atoms with E-state index in [9.17, 15) is 31.1 Å². The normalized spacial score (nSPS) is 17.4. The number of carbonyl (C=O) groups excluding carboxylic acids is 1. The summed E-state index contributed by atoms with van der Waals surface area (Å²) in [6.07, 6.45) is -6.00. The molecule has 0 spiro atoms. The van der Waals surface area contributed by atoms with E-state index < -0.39 is 41.0 Å². The van der Waals surface area contributed by atoms with Gasteiger partial charge in [-0.3, -0.25) is 9.69 Å². The second-order valence-electron chi connectivity index (χ2n) is 9.22. The van der Waals surface area contributed by atoms with Crippen LogP contribution < -0.4 is 0 Å². The maximum atomic E-state index is 13.5. The number of hydrogen-bond donors (Lipinski definition) is 0. The van der Waals surface area contributed by atoms with Crippen LogP contribution in [0.15, 0.2) is 72.8 Å². The van der Waals surface area contributed by atoms with Gasteiger partial charge in [-0.1, -0.05) is 54.6 Å². The molecule has 1 atom stereocenters. The standard InChI is InChI=1S/C28H25ClF6N2O/c29-9-3-4-10-36-11-12-37(25(18-36)14-19-7-8-20-5-1-2-6-21(20)13-19)26(38)22-15-23(27(30,31)32)17-24(16-22)28(33,34)35/h1-8,13,15-17,25H,9-12,14,18H2/b4-3+/t25-/m1/s1. The van der Waals surface area contributed by atoms with Crippen molar-refractivity contribution in [1.82, 2.24) is 9.80 Å². The summed E-state index contributed by atoms with van der Waals surface area (Å²) in [6.45, 7) is 1.53. The lowest BCUT2D eigenvalue weighted by molar-refractivity contribution is -0.143. The van der Waals surface area contributed by atoms with Gasteiger partial charge < -0.3 is 4.90 Å². The highest BCUT2D eigenvalue weighted by Crippen LogP contribution is 2.37. The number of fused-ring (bicyclic) bond motifs is 1. The molecule has 1 heterocycles. The van der Waals surface area contributed by atoms with Crippen LogP contribution in [0.2, 0.25) is 0 Å². The molecule has 0 radical (unpaired) electrons. The van der Waals surface area contributed by atoms with E-state index in [-0.39, 0.29) is 12.6 Å². The van der Waals surface area contributed by atoms with Gasteiger partial charge in [-0.15, -0.1) is 11.6 Å². The molecule has 38 heavy (non-hydrogen) atoms. The molecule has 0 unspecified atom stereocenters. The maximum Gasteiger partial charge on any atom is 0.416 e. The quantitative estimate of drug-likeness (QED) is 0.185. The number of alkyl halides is 7. The molecule has 0 aliphatic carbocycles. The molecule has 3 aromatic rings. The highest BCUT2D eigenvalue weighted by atomic mass is 35.5. The number of nitrogens with zero attached hydrogens (tertiary/aromatic N) is 2. The molecule has 4 rings (SSSR count). The number of carbonyl (C=O) groups is 1. The van der Waals surface area contributed by atoms with E-state index >= 15 is 0 Å². The van der Waals surface area contributed by atoms with E-state index in [1.807, 2.05) is 48.5 Å². The Kier molecular flexibility index (Phi) is 8.37. The van der Waals surface area contributed by atoms with Crippen LogP contribution in [0, 0.1) is 0 Å². The van der Waals surface area contributed by atoms with Crippen molar-refractivity contribution in [2.45, 2.75) is 24.8 Å². The van der Waals surface area contributed by atoms with Crippen molar-refractivity contribution in [3.05, 3.63) is 95.1 Å². The van der Waals surface area contributed by atoms with Gasteiger partial charge in [0, 0.05) is 43.7 Å². The lowest BCUT2D eigenvalue weighted by Crippen LogP contribution is -2.56. The highest BCUT2D eigenvalue weighted by molar-refractivity contribution is 6.18. The Hall–Kier alpha value is -3.04. The fraction of sp³-hybridized carbons (Fsp3) is 0.321. The van der Waals surface area contributed by atoms with Gasteiger partial charge in [0.2, 0.25) is 0 Å². The minimum Gasteiger partial charge on any atom is -0.333 e. The summed E-state index contributed by atoms with van der Waals surface area (Å²) in [7, 11) is 0. The summed E-state index contributed by atoms with van der Waals surface area (Å²) in [5.41, 5.74) is -2.74. The average molecular weight is 555 g/mol. The predicted molar refractivity (Wildman–Crippen MR) is 135 cm³/mol. The summed E-state index contributed by atoms with van der Waals surface area (Å²) >= 11 is 5.71. The number of piperazine rings is 1. The van der Waals surface area contributed by atoms with E-state index in [1.165, 1.54) is 4.90 Å². The van der Waals surface area contributed by atoms with Crippen LogP contribution >= 0.6 is 11.6 Å². The molecular weight excluding hydrogens is 530 g/mol. The third-order valence-corrected chi connectivity index (χ3v) is 6.75. The molecule has 0 N–H and O–H groups in total. The smallest absolute Gasteiger partial charge is 0.333 e. The number of hydrogen-bond acceptors (Lipinski definition) is 2. The monoisotopic (exact) mass is 554 g/mol. The van der Waals surface area contributed by atoms with Gasteiger partial charge in [-0.05, 0) is 41.0 Å². The average Bonchev–Trinajstić information content (AvgIpc) is 2.87. The van der Waals surface area contributed by atoms with Gasteiger partial charge in [0.05, 0.1) is 11.1 Å². The lowest BCUT2D eigenvalue weighted by atomic mass is 9.97. The first-order valence-electron chi connectivity index (χ1n) is 12.0. The van der Waals surface area contributed by atoms with Gasteiger partial charge in [-0.2, -0.15) is 26.3 Å². The molecule has 3 aromatic carbocycles. The van der Waals surface area contributed by atoms with E-state index in [2.05, 4.69) is 4.90 Å². The first-order valence-corrected chi connectivity index (χ1v) is 12.5. The van der Waals surface area contributed by atoms with Gasteiger partial charge in [-0.25, -0.2) is 0 Å². The Bertz CT molecular complexity index is 1290. The summed E-state index contributed by atoms with van der Waals surface area (Å²) in [5, 5.41) is 2.03. The zero-order valence-corrected chi connectivity index (χ0v) is 21.0. The molecule has 1 fully saturated rings. The number of benzene rings is 3. The van der Waals surface area contributed by atoms with Crippen LogP contribution in [0.5, 0.6) is 0 Å². The van der Waals surface area contributed by atoms with E-state index in [1.54, 1.807) is 6.08 Å². The topological polar surface area (TPSA) is 23.6 Å². The Morgan fingerprint density at radius 1 is 0.868 bits per heavy atom. The molecule has 0 aromatic heterocycles. The Morgan fingerprint density at radius 2 is 1.53 bits per heavy atom. The van der Waals surface area contributed by atoms with Gasteiger partial charge in [0.15, 0.2) is 0 Å². The van der Waals surface area contributed by atoms with Crippen molar-refractivity contribution in [1.29, 1.82) is 0 Å². The second-order valence-corrected chi connectivity index (χ2v) is 9.53. The lowest BCUT2D eigenvalue weighted by Gasteiger charge is -2.41. The van der Waals surface area contributed by atoms with Crippen molar-refractivity contribution < 1.29 is 31.1 Å². The van der Waals surface area contributed by atoms with Gasteiger partial charge in [0.1, 0.15) is 0 Å². The van der Waals surface area contributed by atoms with Gasteiger partial charge >= 0.3 is 12.4 Å². The van der Waals surface area contributed by atoms with Crippen LogP contribution in [0.4, 0.5) is 26.3 Å². The summed E-state index contributed by atoms with van der Waals surface area (Å²) in [6, 6.07) is 14.2. The van der Waals surface area contributed by atoms with Crippen molar-refractivity contribution >= 4 is 28.3 Å². The van der Waals surface area contributed by atoms with Gasteiger partial charge in [0.25, 0.3) is 5.91 Å². The molecule has 1 aliphatic rings. The number of allylic oxidation sites excluding steroid dienone is 1. The highest BCUT2D eigenvalue weighted by Gasteiger charge is 2.39. The molecule has 0 saturated carbocycles. The molecule has 202 valence electrons. The third kappa shape index (κ3) is 6.69. The molecule has 0 bridgehead atoms. The molecule has 1 amide bonds.